The van der Waals surface area contributed by atoms with Crippen LogP contribution < -0.4 is 19.1 Å². The van der Waals surface area contributed by atoms with Crippen molar-refractivity contribution >= 4 is 27.5 Å². The Labute approximate surface area is 236 Å². The quantitative estimate of drug-likeness (QED) is 0.324. The van der Waals surface area contributed by atoms with Crippen LogP contribution in [0, 0.1) is 0 Å². The molecular formula is C30H37N3O6S. The molecule has 0 bridgehead atoms. The fourth-order valence-electron chi connectivity index (χ4n) is 3.93. The summed E-state index contributed by atoms with van der Waals surface area (Å²) < 4.78 is 37.8. The molecular weight excluding hydrogens is 530 g/mol. The molecule has 2 atom stereocenters. The first kappa shape index (κ1) is 30.5. The number of sulfonamides is 1. The Morgan fingerprint density at radius 2 is 1.52 bits per heavy atom. The molecule has 0 fully saturated rings. The summed E-state index contributed by atoms with van der Waals surface area (Å²) in [6, 6.07) is 21.9. The van der Waals surface area contributed by atoms with Crippen LogP contribution in [0.2, 0.25) is 0 Å². The van der Waals surface area contributed by atoms with Crippen molar-refractivity contribution in [3.8, 4) is 17.2 Å². The lowest BCUT2D eigenvalue weighted by Crippen LogP contribution is -2.52. The average molecular weight is 568 g/mol. The van der Waals surface area contributed by atoms with Gasteiger partial charge in [0.25, 0.3) is 0 Å². The second kappa shape index (κ2) is 13.8. The number of nitrogens with one attached hydrogen (secondary N) is 1. The number of benzene rings is 3. The molecule has 0 spiro atoms. The minimum absolute atomic E-state index is 0.0761. The van der Waals surface area contributed by atoms with Gasteiger partial charge in [-0.2, -0.15) is 0 Å². The maximum atomic E-state index is 13.7. The van der Waals surface area contributed by atoms with E-state index < -0.39 is 28.5 Å². The number of ether oxygens (including phenoxy) is 2. The molecule has 3 aromatic rings. The van der Waals surface area contributed by atoms with Crippen LogP contribution in [-0.2, 0) is 26.2 Å². The Kier molecular flexibility index (Phi) is 10.6. The predicted octanol–water partition coefficient (Wildman–Crippen LogP) is 4.59. The Balaban J connectivity index is 1.87. The highest BCUT2D eigenvalue weighted by atomic mass is 32.2. The second-order valence-electron chi connectivity index (χ2n) is 9.55. The van der Waals surface area contributed by atoms with Crippen LogP contribution in [0.5, 0.6) is 17.2 Å². The molecule has 0 heterocycles. The summed E-state index contributed by atoms with van der Waals surface area (Å²) >= 11 is 0. The van der Waals surface area contributed by atoms with Crippen molar-refractivity contribution in [2.45, 2.75) is 45.8 Å². The molecule has 1 N–H and O–H groups in total. The molecule has 0 aromatic heterocycles. The maximum Gasteiger partial charge on any atom is 0.244 e. The molecule has 3 aromatic carbocycles. The zero-order valence-corrected chi connectivity index (χ0v) is 24.4. The number of methoxy groups -OCH3 is 1. The number of hydrogen-bond acceptors (Lipinski definition) is 6. The number of anilines is 1. The lowest BCUT2D eigenvalue weighted by atomic mass is 10.1. The van der Waals surface area contributed by atoms with E-state index in [2.05, 4.69) is 5.32 Å². The minimum Gasteiger partial charge on any atom is -0.497 e. The van der Waals surface area contributed by atoms with E-state index in [4.69, 9.17) is 9.47 Å². The summed E-state index contributed by atoms with van der Waals surface area (Å²) in [6.45, 7) is 5.08. The lowest BCUT2D eigenvalue weighted by molar-refractivity contribution is -0.139. The van der Waals surface area contributed by atoms with E-state index in [0.29, 0.717) is 22.9 Å². The van der Waals surface area contributed by atoms with E-state index in [9.17, 15) is 18.0 Å². The Morgan fingerprint density at radius 3 is 2.12 bits per heavy atom. The van der Waals surface area contributed by atoms with E-state index in [-0.39, 0.29) is 18.5 Å². The van der Waals surface area contributed by atoms with Gasteiger partial charge in [0.05, 0.1) is 19.1 Å². The Bertz CT molecular complexity index is 1380. The van der Waals surface area contributed by atoms with Crippen molar-refractivity contribution in [2.24, 2.45) is 0 Å². The largest absolute Gasteiger partial charge is 0.497 e. The fourth-order valence-corrected chi connectivity index (χ4v) is 4.78. The number of amides is 2. The van der Waals surface area contributed by atoms with Gasteiger partial charge in [-0.05, 0) is 74.4 Å². The van der Waals surface area contributed by atoms with Crippen LogP contribution in [0.3, 0.4) is 0 Å². The monoisotopic (exact) mass is 567 g/mol. The zero-order chi connectivity index (χ0) is 29.3. The van der Waals surface area contributed by atoms with Gasteiger partial charge in [0.15, 0.2) is 0 Å². The van der Waals surface area contributed by atoms with Crippen LogP contribution in [0.15, 0.2) is 78.9 Å². The topological polar surface area (TPSA) is 105 Å². The van der Waals surface area contributed by atoms with Crippen molar-refractivity contribution in [3.63, 3.8) is 0 Å². The normalized spacial score (nSPS) is 12.6. The van der Waals surface area contributed by atoms with Gasteiger partial charge < -0.3 is 19.7 Å². The van der Waals surface area contributed by atoms with Crippen LogP contribution in [-0.4, -0.2) is 57.1 Å². The first-order valence-corrected chi connectivity index (χ1v) is 14.9. The fraction of sp³-hybridized carbons (Fsp3) is 0.333. The molecule has 0 aliphatic rings. The molecule has 40 heavy (non-hydrogen) atoms. The standard InChI is InChI=1S/C30H37N3O6S/c1-6-22(2)31-30(35)23(3)32(20-24-11-10-14-28(19-24)38-4)29(34)21-33(40(5,36)37)25-15-17-27(18-16-25)39-26-12-8-7-9-13-26/h7-19,22-23H,6,20-21H2,1-5H3,(H,31,35). The van der Waals surface area contributed by atoms with Crippen molar-refractivity contribution < 1.29 is 27.5 Å². The minimum atomic E-state index is -3.85. The molecule has 2 unspecified atom stereocenters. The van der Waals surface area contributed by atoms with Gasteiger partial charge in [-0.1, -0.05) is 37.3 Å². The molecule has 0 saturated heterocycles. The van der Waals surface area contributed by atoms with Crippen molar-refractivity contribution in [1.29, 1.82) is 0 Å². The number of para-hydroxylation sites is 1. The molecule has 9 nitrogen and oxygen atoms in total. The van der Waals surface area contributed by atoms with Gasteiger partial charge in [0.1, 0.15) is 29.8 Å². The second-order valence-corrected chi connectivity index (χ2v) is 11.5. The zero-order valence-electron chi connectivity index (χ0n) is 23.5. The number of carbonyl (C=O) groups excluding carboxylic acids is 2. The summed E-state index contributed by atoms with van der Waals surface area (Å²) in [5.41, 5.74) is 1.04. The van der Waals surface area contributed by atoms with Crippen LogP contribution in [0.1, 0.15) is 32.8 Å². The van der Waals surface area contributed by atoms with E-state index in [1.807, 2.05) is 50.2 Å². The Morgan fingerprint density at radius 1 is 0.900 bits per heavy atom. The summed E-state index contributed by atoms with van der Waals surface area (Å²) in [6.07, 6.45) is 1.77. The van der Waals surface area contributed by atoms with Gasteiger partial charge in [0, 0.05) is 12.6 Å². The summed E-state index contributed by atoms with van der Waals surface area (Å²) in [4.78, 5) is 28.1. The Hall–Kier alpha value is -4.05. The smallest absolute Gasteiger partial charge is 0.244 e. The van der Waals surface area contributed by atoms with E-state index >= 15 is 0 Å². The van der Waals surface area contributed by atoms with Gasteiger partial charge in [-0.3, -0.25) is 13.9 Å². The molecule has 0 aliphatic carbocycles. The summed E-state index contributed by atoms with van der Waals surface area (Å²) in [5, 5.41) is 2.91. The number of carbonyl (C=O) groups is 2. The molecule has 2 amide bonds. The third kappa shape index (κ3) is 8.47. The molecule has 0 radical (unpaired) electrons. The van der Waals surface area contributed by atoms with Gasteiger partial charge in [-0.25, -0.2) is 8.42 Å². The average Bonchev–Trinajstić information content (AvgIpc) is 2.94. The highest BCUT2D eigenvalue weighted by Crippen LogP contribution is 2.26. The van der Waals surface area contributed by atoms with Crippen LogP contribution in [0.4, 0.5) is 5.69 Å². The highest BCUT2D eigenvalue weighted by molar-refractivity contribution is 7.92. The highest BCUT2D eigenvalue weighted by Gasteiger charge is 2.30. The third-order valence-electron chi connectivity index (χ3n) is 6.44. The van der Waals surface area contributed by atoms with Gasteiger partial charge in [0.2, 0.25) is 21.8 Å². The van der Waals surface area contributed by atoms with E-state index in [1.165, 1.54) is 4.90 Å². The van der Waals surface area contributed by atoms with E-state index in [0.717, 1.165) is 22.5 Å². The van der Waals surface area contributed by atoms with E-state index in [1.54, 1.807) is 56.5 Å². The molecule has 0 aliphatic heterocycles. The lowest BCUT2D eigenvalue weighted by Gasteiger charge is -2.32. The SMILES string of the molecule is CCC(C)NC(=O)C(C)N(Cc1cccc(OC)c1)C(=O)CN(c1ccc(Oc2ccccc2)cc1)S(C)(=O)=O. The first-order valence-electron chi connectivity index (χ1n) is 13.0. The number of hydrogen-bond donors (Lipinski definition) is 1. The third-order valence-corrected chi connectivity index (χ3v) is 7.58. The van der Waals surface area contributed by atoms with Crippen LogP contribution in [0.25, 0.3) is 0 Å². The number of nitrogens with zero attached hydrogens (tertiary/aromatic N) is 2. The van der Waals surface area contributed by atoms with Crippen molar-refractivity contribution in [1.82, 2.24) is 10.2 Å². The molecule has 0 saturated carbocycles. The van der Waals surface area contributed by atoms with Gasteiger partial charge in [-0.15, -0.1) is 0 Å². The first-order chi connectivity index (χ1) is 19.0. The van der Waals surface area contributed by atoms with Crippen molar-refractivity contribution in [2.75, 3.05) is 24.2 Å². The van der Waals surface area contributed by atoms with Crippen LogP contribution >= 0.6 is 0 Å². The molecule has 10 heteroatoms. The molecule has 214 valence electrons. The van der Waals surface area contributed by atoms with Gasteiger partial charge >= 0.3 is 0 Å². The summed E-state index contributed by atoms with van der Waals surface area (Å²) in [5.74, 6) is 0.925. The molecule has 3 rings (SSSR count). The number of rotatable bonds is 13. The van der Waals surface area contributed by atoms with Crippen molar-refractivity contribution in [3.05, 3.63) is 84.4 Å². The predicted molar refractivity (Wildman–Crippen MR) is 156 cm³/mol. The maximum absolute atomic E-state index is 13.7. The summed E-state index contributed by atoms with van der Waals surface area (Å²) in [7, 11) is -2.30.